The molecule has 0 fully saturated rings. The third-order valence-electron chi connectivity index (χ3n) is 3.08. The van der Waals surface area contributed by atoms with E-state index in [0.29, 0.717) is 5.69 Å². The van der Waals surface area contributed by atoms with Crippen molar-refractivity contribution in [3.05, 3.63) is 59.2 Å². The topological polar surface area (TPSA) is 64.6 Å². The quantitative estimate of drug-likeness (QED) is 0.877. The molecule has 0 heterocycles. The molecule has 5 heteroatoms. The Morgan fingerprint density at radius 3 is 1.95 bits per heavy atom. The van der Waals surface area contributed by atoms with E-state index < -0.39 is 11.9 Å². The molecule has 0 radical (unpaired) electrons. The fraction of sp³-hybridized carbons (Fsp3) is 0.176. The predicted molar refractivity (Wildman–Crippen MR) is 83.6 cm³/mol. The molecule has 0 unspecified atom stereocenters. The molecule has 0 aliphatic carbocycles. The van der Waals surface area contributed by atoms with Crippen LogP contribution in [0.2, 0.25) is 0 Å². The summed E-state index contributed by atoms with van der Waals surface area (Å²) in [5.41, 5.74) is 3.12. The van der Waals surface area contributed by atoms with Gasteiger partial charge < -0.3 is 14.8 Å². The number of hydrogen-bond donors (Lipinski definition) is 1. The van der Waals surface area contributed by atoms with Crippen LogP contribution in [0.4, 0.5) is 11.4 Å². The van der Waals surface area contributed by atoms with E-state index in [1.54, 1.807) is 12.1 Å². The monoisotopic (exact) mass is 299 g/mol. The highest BCUT2D eigenvalue weighted by atomic mass is 16.5. The highest BCUT2D eigenvalue weighted by Crippen LogP contribution is 2.22. The van der Waals surface area contributed by atoms with Gasteiger partial charge in [0.05, 0.1) is 25.3 Å². The van der Waals surface area contributed by atoms with E-state index in [4.69, 9.17) is 9.47 Å². The zero-order valence-electron chi connectivity index (χ0n) is 12.7. The lowest BCUT2D eigenvalue weighted by atomic mass is 10.1. The van der Waals surface area contributed by atoms with Crippen LogP contribution in [0.1, 0.15) is 26.3 Å². The van der Waals surface area contributed by atoms with Crippen LogP contribution >= 0.6 is 0 Å². The first-order chi connectivity index (χ1) is 10.5. The molecule has 114 valence electrons. The Morgan fingerprint density at radius 1 is 0.864 bits per heavy atom. The first-order valence-corrected chi connectivity index (χ1v) is 6.69. The number of hydrogen-bond acceptors (Lipinski definition) is 5. The van der Waals surface area contributed by atoms with Crippen LogP contribution in [-0.2, 0) is 9.47 Å². The summed E-state index contributed by atoms with van der Waals surface area (Å²) in [5.74, 6) is -1.03. The number of aryl methyl sites for hydroxylation is 1. The lowest BCUT2D eigenvalue weighted by Gasteiger charge is -2.11. The van der Waals surface area contributed by atoms with E-state index in [1.165, 1.54) is 20.3 Å². The molecule has 2 aromatic carbocycles. The number of ether oxygens (including phenoxy) is 2. The van der Waals surface area contributed by atoms with Crippen molar-refractivity contribution in [1.29, 1.82) is 0 Å². The van der Waals surface area contributed by atoms with Crippen molar-refractivity contribution in [2.45, 2.75) is 6.92 Å². The lowest BCUT2D eigenvalue weighted by molar-refractivity contribution is 0.0599. The summed E-state index contributed by atoms with van der Waals surface area (Å²) in [7, 11) is 2.58. The minimum atomic E-state index is -0.516. The lowest BCUT2D eigenvalue weighted by Crippen LogP contribution is -2.07. The zero-order valence-corrected chi connectivity index (χ0v) is 12.7. The van der Waals surface area contributed by atoms with E-state index in [1.807, 2.05) is 31.2 Å². The van der Waals surface area contributed by atoms with E-state index in [0.717, 1.165) is 11.3 Å². The van der Waals surface area contributed by atoms with Crippen LogP contribution in [0.5, 0.6) is 0 Å². The van der Waals surface area contributed by atoms with Crippen molar-refractivity contribution in [1.82, 2.24) is 0 Å². The molecule has 5 nitrogen and oxygen atoms in total. The smallest absolute Gasteiger partial charge is 0.337 e. The van der Waals surface area contributed by atoms with Crippen LogP contribution in [0.3, 0.4) is 0 Å². The summed E-state index contributed by atoms with van der Waals surface area (Å²) in [6, 6.07) is 12.5. The van der Waals surface area contributed by atoms with Crippen molar-refractivity contribution in [3.8, 4) is 0 Å². The molecule has 22 heavy (non-hydrogen) atoms. The molecule has 0 aromatic heterocycles. The van der Waals surface area contributed by atoms with Gasteiger partial charge >= 0.3 is 11.9 Å². The molecular weight excluding hydrogens is 282 g/mol. The number of anilines is 2. The van der Waals surface area contributed by atoms with Crippen molar-refractivity contribution in [2.75, 3.05) is 19.5 Å². The van der Waals surface area contributed by atoms with Gasteiger partial charge in [-0.1, -0.05) is 12.1 Å². The third-order valence-corrected chi connectivity index (χ3v) is 3.08. The average Bonchev–Trinajstić information content (AvgIpc) is 2.53. The number of rotatable bonds is 4. The highest BCUT2D eigenvalue weighted by molar-refractivity contribution is 5.97. The summed E-state index contributed by atoms with van der Waals surface area (Å²) in [6.07, 6.45) is 0. The van der Waals surface area contributed by atoms with Gasteiger partial charge in [-0.15, -0.1) is 0 Å². The van der Waals surface area contributed by atoms with Gasteiger partial charge in [0, 0.05) is 11.4 Å². The maximum atomic E-state index is 11.7. The normalized spacial score (nSPS) is 9.95. The van der Waals surface area contributed by atoms with Crippen molar-refractivity contribution in [2.24, 2.45) is 0 Å². The summed E-state index contributed by atoms with van der Waals surface area (Å²) in [5, 5.41) is 3.17. The number of carbonyl (C=O) groups is 2. The molecule has 0 aliphatic heterocycles. The number of carbonyl (C=O) groups excluding carboxylic acids is 2. The fourth-order valence-electron chi connectivity index (χ4n) is 2.06. The molecule has 2 rings (SSSR count). The summed E-state index contributed by atoms with van der Waals surface area (Å²) in [4.78, 5) is 23.5. The molecule has 0 saturated heterocycles. The molecule has 0 saturated carbocycles. The number of esters is 2. The summed E-state index contributed by atoms with van der Waals surface area (Å²) in [6.45, 7) is 1.98. The second kappa shape index (κ2) is 6.76. The Hall–Kier alpha value is -2.82. The van der Waals surface area contributed by atoms with Gasteiger partial charge in [0.2, 0.25) is 0 Å². The van der Waals surface area contributed by atoms with E-state index in [9.17, 15) is 9.59 Å². The number of nitrogens with one attached hydrogen (secondary N) is 1. The average molecular weight is 299 g/mol. The second-order valence-electron chi connectivity index (χ2n) is 4.78. The van der Waals surface area contributed by atoms with Gasteiger partial charge in [-0.3, -0.25) is 0 Å². The van der Waals surface area contributed by atoms with E-state index in [2.05, 4.69) is 5.32 Å². The molecule has 2 aromatic rings. The second-order valence-corrected chi connectivity index (χ2v) is 4.78. The van der Waals surface area contributed by atoms with Crippen LogP contribution in [0.25, 0.3) is 0 Å². The minimum Gasteiger partial charge on any atom is -0.465 e. The molecule has 1 N–H and O–H groups in total. The summed E-state index contributed by atoms with van der Waals surface area (Å²) >= 11 is 0. The van der Waals surface area contributed by atoms with E-state index >= 15 is 0 Å². The number of methoxy groups -OCH3 is 2. The molecule has 0 aliphatic rings. The minimum absolute atomic E-state index is 0.278. The van der Waals surface area contributed by atoms with E-state index in [-0.39, 0.29) is 11.1 Å². The Kier molecular flexibility index (Phi) is 4.78. The first kappa shape index (κ1) is 15.6. The van der Waals surface area contributed by atoms with Gasteiger partial charge in [0.25, 0.3) is 0 Å². The highest BCUT2D eigenvalue weighted by Gasteiger charge is 2.13. The van der Waals surface area contributed by atoms with Gasteiger partial charge in [-0.05, 0) is 42.8 Å². The molecule has 0 atom stereocenters. The van der Waals surface area contributed by atoms with Gasteiger partial charge in [0.15, 0.2) is 0 Å². The fourth-order valence-corrected chi connectivity index (χ4v) is 2.06. The number of benzene rings is 2. The van der Waals surface area contributed by atoms with Gasteiger partial charge in [-0.25, -0.2) is 9.59 Å². The van der Waals surface area contributed by atoms with Gasteiger partial charge in [-0.2, -0.15) is 0 Å². The van der Waals surface area contributed by atoms with Crippen LogP contribution in [0.15, 0.2) is 42.5 Å². The van der Waals surface area contributed by atoms with Crippen molar-refractivity contribution >= 4 is 23.3 Å². The van der Waals surface area contributed by atoms with Crippen LogP contribution in [0, 0.1) is 6.92 Å². The maximum absolute atomic E-state index is 11.7. The first-order valence-electron chi connectivity index (χ1n) is 6.69. The predicted octanol–water partition coefficient (Wildman–Crippen LogP) is 3.31. The largest absolute Gasteiger partial charge is 0.465 e. The Labute approximate surface area is 128 Å². The zero-order chi connectivity index (χ0) is 16.1. The maximum Gasteiger partial charge on any atom is 0.337 e. The Morgan fingerprint density at radius 2 is 1.45 bits per heavy atom. The summed E-state index contributed by atoms with van der Waals surface area (Å²) < 4.78 is 9.42. The molecule has 0 bridgehead atoms. The van der Waals surface area contributed by atoms with Crippen LogP contribution < -0.4 is 5.32 Å². The van der Waals surface area contributed by atoms with Crippen molar-refractivity contribution in [3.63, 3.8) is 0 Å². The van der Waals surface area contributed by atoms with Crippen LogP contribution in [-0.4, -0.2) is 26.2 Å². The third kappa shape index (κ3) is 3.63. The van der Waals surface area contributed by atoms with Crippen molar-refractivity contribution < 1.29 is 19.1 Å². The molecule has 0 amide bonds. The Balaban J connectivity index is 2.41. The molecule has 0 spiro atoms. The standard InChI is InChI=1S/C17H17NO4/c1-11-5-4-6-14(7-11)18-15-9-12(16(19)21-2)8-13(10-15)17(20)22-3/h4-10,18H,1-3H3. The Bertz CT molecular complexity index is 675. The SMILES string of the molecule is COC(=O)c1cc(Nc2cccc(C)c2)cc(C(=O)OC)c1. The molecular formula is C17H17NO4. The van der Waals surface area contributed by atoms with Gasteiger partial charge in [0.1, 0.15) is 0 Å².